The van der Waals surface area contributed by atoms with Gasteiger partial charge in [-0.25, -0.2) is 5.43 Å². The first-order chi connectivity index (χ1) is 11.8. The SMILES string of the molecule is Cc1ccc2c(c1)OC(C)(C)C[C@H]2NC(=O)CCC1=NNC(=O)CC1. The minimum Gasteiger partial charge on any atom is -0.487 e. The number of fused-ring (bicyclic) bond motifs is 1. The number of hydrogen-bond acceptors (Lipinski definition) is 4. The van der Waals surface area contributed by atoms with Gasteiger partial charge in [-0.3, -0.25) is 9.59 Å². The molecule has 25 heavy (non-hydrogen) atoms. The summed E-state index contributed by atoms with van der Waals surface area (Å²) in [7, 11) is 0. The summed E-state index contributed by atoms with van der Waals surface area (Å²) >= 11 is 0. The maximum atomic E-state index is 12.4. The Morgan fingerprint density at radius 2 is 2.20 bits per heavy atom. The first kappa shape index (κ1) is 17.5. The van der Waals surface area contributed by atoms with Gasteiger partial charge in [-0.1, -0.05) is 12.1 Å². The van der Waals surface area contributed by atoms with E-state index >= 15 is 0 Å². The Bertz CT molecular complexity index is 725. The van der Waals surface area contributed by atoms with Crippen LogP contribution >= 0.6 is 0 Å². The van der Waals surface area contributed by atoms with Crippen molar-refractivity contribution >= 4 is 17.5 Å². The summed E-state index contributed by atoms with van der Waals surface area (Å²) in [6.45, 7) is 6.11. The number of ether oxygens (including phenoxy) is 1. The Morgan fingerprint density at radius 1 is 1.40 bits per heavy atom. The molecule has 0 unspecified atom stereocenters. The lowest BCUT2D eigenvalue weighted by Gasteiger charge is -2.38. The molecule has 6 heteroatoms. The molecule has 3 rings (SSSR count). The maximum Gasteiger partial charge on any atom is 0.240 e. The zero-order chi connectivity index (χ0) is 18.0. The van der Waals surface area contributed by atoms with E-state index in [0.29, 0.717) is 25.7 Å². The van der Waals surface area contributed by atoms with Crippen LogP contribution < -0.4 is 15.5 Å². The van der Waals surface area contributed by atoms with E-state index in [9.17, 15) is 9.59 Å². The van der Waals surface area contributed by atoms with Crippen molar-refractivity contribution < 1.29 is 14.3 Å². The Kier molecular flexibility index (Phi) is 4.79. The van der Waals surface area contributed by atoms with Crippen LogP contribution in [0, 0.1) is 6.92 Å². The van der Waals surface area contributed by atoms with Gasteiger partial charge in [-0.2, -0.15) is 5.10 Å². The van der Waals surface area contributed by atoms with Crippen molar-refractivity contribution in [3.63, 3.8) is 0 Å². The van der Waals surface area contributed by atoms with Gasteiger partial charge in [-0.05, 0) is 45.2 Å². The Labute approximate surface area is 148 Å². The predicted octanol–water partition coefficient (Wildman–Crippen LogP) is 2.76. The maximum absolute atomic E-state index is 12.4. The number of aryl methyl sites for hydroxylation is 1. The molecule has 2 heterocycles. The van der Waals surface area contributed by atoms with Gasteiger partial charge in [0.1, 0.15) is 11.4 Å². The number of carbonyl (C=O) groups is 2. The smallest absolute Gasteiger partial charge is 0.240 e. The number of benzene rings is 1. The molecule has 0 aliphatic carbocycles. The van der Waals surface area contributed by atoms with E-state index in [1.54, 1.807) is 0 Å². The topological polar surface area (TPSA) is 79.8 Å². The zero-order valence-corrected chi connectivity index (χ0v) is 15.0. The Morgan fingerprint density at radius 3 is 2.92 bits per heavy atom. The molecule has 2 N–H and O–H groups in total. The second-order valence-electron chi connectivity index (χ2n) is 7.44. The first-order valence-corrected chi connectivity index (χ1v) is 8.76. The van der Waals surface area contributed by atoms with E-state index in [-0.39, 0.29) is 23.5 Å². The van der Waals surface area contributed by atoms with Gasteiger partial charge < -0.3 is 10.1 Å². The average Bonchev–Trinajstić information content (AvgIpc) is 2.52. The summed E-state index contributed by atoms with van der Waals surface area (Å²) < 4.78 is 6.07. The third-order valence-electron chi connectivity index (χ3n) is 4.58. The number of amides is 2. The van der Waals surface area contributed by atoms with Crippen LogP contribution in [0.25, 0.3) is 0 Å². The molecular weight excluding hydrogens is 318 g/mol. The van der Waals surface area contributed by atoms with Gasteiger partial charge in [0.25, 0.3) is 0 Å². The van der Waals surface area contributed by atoms with Crippen LogP contribution in [-0.4, -0.2) is 23.1 Å². The van der Waals surface area contributed by atoms with Crippen LogP contribution in [0.1, 0.15) is 63.1 Å². The second kappa shape index (κ2) is 6.86. The van der Waals surface area contributed by atoms with Crippen LogP contribution in [0.3, 0.4) is 0 Å². The zero-order valence-electron chi connectivity index (χ0n) is 15.0. The molecular formula is C19H25N3O3. The molecule has 0 aromatic heterocycles. The monoisotopic (exact) mass is 343 g/mol. The van der Waals surface area contributed by atoms with E-state index < -0.39 is 0 Å². The van der Waals surface area contributed by atoms with Gasteiger partial charge in [0.2, 0.25) is 11.8 Å². The minimum absolute atomic E-state index is 0.00572. The van der Waals surface area contributed by atoms with E-state index in [1.807, 2.05) is 39.0 Å². The van der Waals surface area contributed by atoms with Crippen molar-refractivity contribution in [2.24, 2.45) is 5.10 Å². The van der Waals surface area contributed by atoms with Crippen molar-refractivity contribution in [3.05, 3.63) is 29.3 Å². The lowest BCUT2D eigenvalue weighted by molar-refractivity contribution is -0.122. The van der Waals surface area contributed by atoms with Gasteiger partial charge in [0, 0.05) is 30.5 Å². The number of hydrazone groups is 1. The minimum atomic E-state index is -0.323. The van der Waals surface area contributed by atoms with Gasteiger partial charge >= 0.3 is 0 Å². The third kappa shape index (κ3) is 4.38. The molecule has 0 fully saturated rings. The molecule has 0 saturated carbocycles. The lowest BCUT2D eigenvalue weighted by atomic mass is 9.89. The molecule has 0 saturated heterocycles. The van der Waals surface area contributed by atoms with E-state index in [4.69, 9.17) is 4.74 Å². The van der Waals surface area contributed by atoms with Crippen LogP contribution in [-0.2, 0) is 9.59 Å². The fourth-order valence-corrected chi connectivity index (χ4v) is 3.30. The summed E-state index contributed by atoms with van der Waals surface area (Å²) in [5, 5.41) is 7.15. The van der Waals surface area contributed by atoms with Crippen molar-refractivity contribution in [2.45, 2.75) is 64.5 Å². The summed E-state index contributed by atoms with van der Waals surface area (Å²) in [6.07, 6.45) is 2.74. The molecule has 0 radical (unpaired) electrons. The lowest BCUT2D eigenvalue weighted by Crippen LogP contribution is -2.41. The van der Waals surface area contributed by atoms with Crippen LogP contribution in [0.15, 0.2) is 23.3 Å². The second-order valence-corrected chi connectivity index (χ2v) is 7.44. The predicted molar refractivity (Wildman–Crippen MR) is 95.4 cm³/mol. The standard InChI is InChI=1S/C19H25N3O3/c1-12-4-7-14-15(11-19(2,3)25-16(14)10-12)20-17(23)8-5-13-6-9-18(24)22-21-13/h4,7,10,15H,5-6,8-9,11H2,1-3H3,(H,20,23)(H,22,24)/t15-/m1/s1. The highest BCUT2D eigenvalue weighted by Crippen LogP contribution is 2.39. The van der Waals surface area contributed by atoms with Crippen LogP contribution in [0.5, 0.6) is 5.75 Å². The quantitative estimate of drug-likeness (QED) is 0.882. The molecule has 1 aromatic rings. The van der Waals surface area contributed by atoms with Crippen LogP contribution in [0.2, 0.25) is 0 Å². The van der Waals surface area contributed by atoms with Gasteiger partial charge in [0.05, 0.1) is 6.04 Å². The van der Waals surface area contributed by atoms with Crippen molar-refractivity contribution in [2.75, 3.05) is 0 Å². The molecule has 2 aliphatic rings. The van der Waals surface area contributed by atoms with E-state index in [1.165, 1.54) is 0 Å². The van der Waals surface area contributed by atoms with Crippen molar-refractivity contribution in [1.29, 1.82) is 0 Å². The number of carbonyl (C=O) groups excluding carboxylic acids is 2. The normalized spacial score (nSPS) is 21.5. The first-order valence-electron chi connectivity index (χ1n) is 8.76. The highest BCUT2D eigenvalue weighted by Gasteiger charge is 2.34. The average molecular weight is 343 g/mol. The third-order valence-corrected chi connectivity index (χ3v) is 4.58. The number of nitrogens with zero attached hydrogens (tertiary/aromatic N) is 1. The summed E-state index contributed by atoms with van der Waals surface area (Å²) in [5.74, 6) is 0.777. The molecule has 1 atom stereocenters. The van der Waals surface area contributed by atoms with Gasteiger partial charge in [0.15, 0.2) is 0 Å². The largest absolute Gasteiger partial charge is 0.487 e. The molecule has 0 spiro atoms. The molecule has 1 aromatic carbocycles. The van der Waals surface area contributed by atoms with Gasteiger partial charge in [-0.15, -0.1) is 0 Å². The fourth-order valence-electron chi connectivity index (χ4n) is 3.30. The Hall–Kier alpha value is -2.37. The summed E-state index contributed by atoms with van der Waals surface area (Å²) in [4.78, 5) is 23.5. The number of nitrogens with one attached hydrogen (secondary N) is 2. The van der Waals surface area contributed by atoms with Crippen molar-refractivity contribution in [3.8, 4) is 5.75 Å². The number of hydrogen-bond donors (Lipinski definition) is 2. The fraction of sp³-hybridized carbons (Fsp3) is 0.526. The molecule has 2 aliphatic heterocycles. The molecule has 0 bridgehead atoms. The van der Waals surface area contributed by atoms with E-state index in [0.717, 1.165) is 29.0 Å². The molecule has 134 valence electrons. The molecule has 6 nitrogen and oxygen atoms in total. The van der Waals surface area contributed by atoms with E-state index in [2.05, 4.69) is 15.8 Å². The van der Waals surface area contributed by atoms with Crippen molar-refractivity contribution in [1.82, 2.24) is 10.7 Å². The summed E-state index contributed by atoms with van der Waals surface area (Å²) in [5.41, 5.74) is 5.18. The van der Waals surface area contributed by atoms with Crippen LogP contribution in [0.4, 0.5) is 0 Å². The summed E-state index contributed by atoms with van der Waals surface area (Å²) in [6, 6.07) is 6.04. The highest BCUT2D eigenvalue weighted by atomic mass is 16.5. The highest BCUT2D eigenvalue weighted by molar-refractivity contribution is 5.94. The molecule has 2 amide bonds. The number of rotatable bonds is 4. The Balaban J connectivity index is 1.64.